The largest absolute Gasteiger partial charge is 0.396 e. The van der Waals surface area contributed by atoms with Crippen molar-refractivity contribution in [2.75, 3.05) is 26.9 Å². The van der Waals surface area contributed by atoms with Crippen LogP contribution in [0.5, 0.6) is 0 Å². The number of unbranched alkanes of at least 4 members (excludes halogenated alkanes) is 1. The Labute approximate surface area is 104 Å². The van der Waals surface area contributed by atoms with Crippen LogP contribution in [-0.4, -0.2) is 48.8 Å². The molecule has 0 saturated carbocycles. The van der Waals surface area contributed by atoms with Gasteiger partial charge in [-0.1, -0.05) is 0 Å². The maximum absolute atomic E-state index is 12.0. The molecule has 0 aromatic rings. The Kier molecular flexibility index (Phi) is 6.52. The van der Waals surface area contributed by atoms with E-state index >= 15 is 0 Å². The number of hydrogen-bond donors (Lipinski definition) is 1. The second-order valence-electron chi connectivity index (χ2n) is 4.97. The Morgan fingerprint density at radius 1 is 1.41 bits per heavy atom. The number of ether oxygens (including phenoxy) is 1. The molecule has 1 aliphatic heterocycles. The maximum atomic E-state index is 12.0. The smallest absolute Gasteiger partial charge is 0.222 e. The fourth-order valence-electron chi connectivity index (χ4n) is 2.35. The molecular weight excluding hydrogens is 218 g/mol. The first kappa shape index (κ1) is 14.5. The van der Waals surface area contributed by atoms with Gasteiger partial charge in [-0.25, -0.2) is 0 Å². The highest BCUT2D eigenvalue weighted by molar-refractivity contribution is 5.76. The van der Waals surface area contributed by atoms with Crippen LogP contribution < -0.4 is 0 Å². The predicted octanol–water partition coefficient (Wildman–Crippen LogP) is 1.42. The van der Waals surface area contributed by atoms with E-state index in [4.69, 9.17) is 9.84 Å². The molecular formula is C13H25NO3. The van der Waals surface area contributed by atoms with E-state index in [1.807, 2.05) is 4.90 Å². The van der Waals surface area contributed by atoms with E-state index in [1.165, 1.54) is 0 Å². The number of likely N-dealkylation sites (tertiary alicyclic amines) is 1. The molecule has 2 unspecified atom stereocenters. The quantitative estimate of drug-likeness (QED) is 0.718. The molecule has 0 aromatic carbocycles. The van der Waals surface area contributed by atoms with E-state index < -0.39 is 0 Å². The highest BCUT2D eigenvalue weighted by Gasteiger charge is 2.27. The minimum absolute atomic E-state index is 0.195. The molecule has 1 N–H and O–H groups in total. The minimum Gasteiger partial charge on any atom is -0.396 e. The van der Waals surface area contributed by atoms with Gasteiger partial charge in [0.25, 0.3) is 0 Å². The van der Waals surface area contributed by atoms with Gasteiger partial charge in [0.2, 0.25) is 5.91 Å². The third-order valence-corrected chi connectivity index (χ3v) is 3.55. The molecule has 1 heterocycles. The van der Waals surface area contributed by atoms with Crippen molar-refractivity contribution >= 4 is 5.91 Å². The monoisotopic (exact) mass is 243 g/mol. The number of aliphatic hydroxyl groups excluding tert-OH is 1. The first-order chi connectivity index (χ1) is 8.19. The van der Waals surface area contributed by atoms with Crippen molar-refractivity contribution < 1.29 is 14.6 Å². The maximum Gasteiger partial charge on any atom is 0.222 e. The Hall–Kier alpha value is -0.610. The van der Waals surface area contributed by atoms with E-state index in [-0.39, 0.29) is 18.4 Å². The lowest BCUT2D eigenvalue weighted by Gasteiger charge is -2.37. The summed E-state index contributed by atoms with van der Waals surface area (Å²) in [6.07, 6.45) is 4.47. The van der Waals surface area contributed by atoms with Crippen molar-refractivity contribution in [3.05, 3.63) is 0 Å². The van der Waals surface area contributed by atoms with Crippen molar-refractivity contribution in [3.63, 3.8) is 0 Å². The fraction of sp³-hybridized carbons (Fsp3) is 0.923. The molecule has 1 saturated heterocycles. The van der Waals surface area contributed by atoms with Gasteiger partial charge in [0.1, 0.15) is 0 Å². The van der Waals surface area contributed by atoms with Crippen molar-refractivity contribution in [2.24, 2.45) is 5.92 Å². The van der Waals surface area contributed by atoms with Crippen LogP contribution in [0.1, 0.15) is 39.0 Å². The first-order valence-corrected chi connectivity index (χ1v) is 6.58. The van der Waals surface area contributed by atoms with Gasteiger partial charge in [-0.3, -0.25) is 4.79 Å². The molecule has 2 atom stereocenters. The number of carbonyl (C=O) groups excluding carboxylic acids is 1. The SMILES string of the molecule is COCCCCC(=O)N1CC(CO)CCC1C. The third kappa shape index (κ3) is 4.64. The summed E-state index contributed by atoms with van der Waals surface area (Å²) in [7, 11) is 1.68. The Morgan fingerprint density at radius 2 is 2.18 bits per heavy atom. The minimum atomic E-state index is 0.195. The van der Waals surface area contributed by atoms with E-state index in [9.17, 15) is 4.79 Å². The molecule has 1 fully saturated rings. The lowest BCUT2D eigenvalue weighted by Crippen LogP contribution is -2.46. The number of rotatable bonds is 6. The summed E-state index contributed by atoms with van der Waals surface area (Å²) in [4.78, 5) is 14.0. The van der Waals surface area contributed by atoms with Gasteiger partial charge in [-0.05, 0) is 38.5 Å². The molecule has 0 radical (unpaired) electrons. The van der Waals surface area contributed by atoms with E-state index in [0.717, 1.165) is 38.8 Å². The first-order valence-electron chi connectivity index (χ1n) is 6.58. The molecule has 0 aliphatic carbocycles. The number of nitrogens with zero attached hydrogens (tertiary/aromatic N) is 1. The fourth-order valence-corrected chi connectivity index (χ4v) is 2.35. The van der Waals surface area contributed by atoms with Crippen LogP contribution in [0.4, 0.5) is 0 Å². The number of piperidine rings is 1. The second kappa shape index (κ2) is 7.67. The third-order valence-electron chi connectivity index (χ3n) is 3.55. The van der Waals surface area contributed by atoms with Gasteiger partial charge in [-0.15, -0.1) is 0 Å². The second-order valence-corrected chi connectivity index (χ2v) is 4.97. The van der Waals surface area contributed by atoms with E-state index in [0.29, 0.717) is 12.5 Å². The summed E-state index contributed by atoms with van der Waals surface area (Å²) in [5.74, 6) is 0.501. The van der Waals surface area contributed by atoms with Gasteiger partial charge in [-0.2, -0.15) is 0 Å². The number of carbonyl (C=O) groups is 1. The van der Waals surface area contributed by atoms with Gasteiger partial charge in [0, 0.05) is 39.3 Å². The normalized spacial score (nSPS) is 25.0. The van der Waals surface area contributed by atoms with Crippen LogP contribution >= 0.6 is 0 Å². The van der Waals surface area contributed by atoms with Crippen molar-refractivity contribution in [2.45, 2.75) is 45.1 Å². The van der Waals surface area contributed by atoms with Gasteiger partial charge in [0.05, 0.1) is 0 Å². The van der Waals surface area contributed by atoms with Crippen molar-refractivity contribution in [3.8, 4) is 0 Å². The summed E-state index contributed by atoms with van der Waals surface area (Å²) in [6.45, 7) is 3.74. The predicted molar refractivity (Wildman–Crippen MR) is 66.7 cm³/mol. The van der Waals surface area contributed by atoms with Crippen LogP contribution in [0.15, 0.2) is 0 Å². The highest BCUT2D eigenvalue weighted by atomic mass is 16.5. The van der Waals surface area contributed by atoms with E-state index in [2.05, 4.69) is 6.92 Å². The molecule has 4 nitrogen and oxygen atoms in total. The highest BCUT2D eigenvalue weighted by Crippen LogP contribution is 2.22. The molecule has 0 aromatic heterocycles. The van der Waals surface area contributed by atoms with Crippen LogP contribution in [0.2, 0.25) is 0 Å². The zero-order valence-corrected chi connectivity index (χ0v) is 11.0. The topological polar surface area (TPSA) is 49.8 Å². The number of amides is 1. The zero-order chi connectivity index (χ0) is 12.7. The molecule has 0 bridgehead atoms. The number of methoxy groups -OCH3 is 1. The lowest BCUT2D eigenvalue weighted by molar-refractivity contribution is -0.136. The lowest BCUT2D eigenvalue weighted by atomic mass is 9.93. The Morgan fingerprint density at radius 3 is 2.82 bits per heavy atom. The average molecular weight is 243 g/mol. The van der Waals surface area contributed by atoms with Gasteiger partial charge in [0.15, 0.2) is 0 Å². The summed E-state index contributed by atoms with van der Waals surface area (Å²) >= 11 is 0. The summed E-state index contributed by atoms with van der Waals surface area (Å²) in [6, 6.07) is 0.327. The van der Waals surface area contributed by atoms with Crippen LogP contribution in [0.25, 0.3) is 0 Å². The molecule has 1 amide bonds. The molecule has 100 valence electrons. The van der Waals surface area contributed by atoms with Crippen molar-refractivity contribution in [1.29, 1.82) is 0 Å². The number of hydrogen-bond acceptors (Lipinski definition) is 3. The standard InChI is InChI=1S/C13H25NO3/c1-11-6-7-12(10-15)9-14(11)13(16)5-3-4-8-17-2/h11-12,15H,3-10H2,1-2H3. The molecule has 1 rings (SSSR count). The van der Waals surface area contributed by atoms with Gasteiger partial charge >= 0.3 is 0 Å². The Balaban J connectivity index is 2.32. The van der Waals surface area contributed by atoms with Gasteiger partial charge < -0.3 is 14.7 Å². The number of aliphatic hydroxyl groups is 1. The summed E-state index contributed by atoms with van der Waals surface area (Å²) in [5.41, 5.74) is 0. The van der Waals surface area contributed by atoms with Crippen LogP contribution in [0, 0.1) is 5.92 Å². The van der Waals surface area contributed by atoms with Crippen LogP contribution in [-0.2, 0) is 9.53 Å². The Bertz CT molecular complexity index is 233. The molecule has 1 aliphatic rings. The molecule has 0 spiro atoms. The van der Waals surface area contributed by atoms with Crippen LogP contribution in [0.3, 0.4) is 0 Å². The average Bonchev–Trinajstić information content (AvgIpc) is 2.35. The summed E-state index contributed by atoms with van der Waals surface area (Å²) in [5, 5.41) is 9.17. The van der Waals surface area contributed by atoms with E-state index in [1.54, 1.807) is 7.11 Å². The zero-order valence-electron chi connectivity index (χ0n) is 11.0. The summed E-state index contributed by atoms with van der Waals surface area (Å²) < 4.78 is 4.97. The molecule has 17 heavy (non-hydrogen) atoms. The molecule has 4 heteroatoms. The van der Waals surface area contributed by atoms with Crippen molar-refractivity contribution in [1.82, 2.24) is 4.90 Å².